The van der Waals surface area contributed by atoms with Gasteiger partial charge in [-0.2, -0.15) is 13.1 Å². The SMILES string of the molecule is CC(C)CNS(=O)(=O)N[C@@H](C)C(=O)OC(C)(C)C. The lowest BCUT2D eigenvalue weighted by atomic mass is 10.2. The molecule has 0 aliphatic rings. The maximum atomic E-state index is 11.6. The number of hydrogen-bond acceptors (Lipinski definition) is 4. The van der Waals surface area contributed by atoms with Crippen LogP contribution >= 0.6 is 0 Å². The second-order valence-corrected chi connectivity index (χ2v) is 7.15. The predicted molar refractivity (Wildman–Crippen MR) is 70.2 cm³/mol. The highest BCUT2D eigenvalue weighted by Gasteiger charge is 2.25. The molecule has 0 aliphatic carbocycles. The number of esters is 1. The van der Waals surface area contributed by atoms with Gasteiger partial charge in [0, 0.05) is 6.54 Å². The summed E-state index contributed by atoms with van der Waals surface area (Å²) in [4.78, 5) is 11.6. The van der Waals surface area contributed by atoms with Gasteiger partial charge < -0.3 is 4.74 Å². The lowest BCUT2D eigenvalue weighted by Crippen LogP contribution is -2.47. The fourth-order valence-corrected chi connectivity index (χ4v) is 2.19. The van der Waals surface area contributed by atoms with E-state index in [-0.39, 0.29) is 5.92 Å². The summed E-state index contributed by atoms with van der Waals surface area (Å²) in [5.74, 6) is -0.407. The Hall–Kier alpha value is -0.660. The standard InChI is InChI=1S/C11H24N2O4S/c1-8(2)7-12-18(15,16)13-9(3)10(14)17-11(4,5)6/h8-9,12-13H,7H2,1-6H3/t9-/m0/s1. The van der Waals surface area contributed by atoms with E-state index in [1.165, 1.54) is 6.92 Å². The van der Waals surface area contributed by atoms with E-state index in [9.17, 15) is 13.2 Å². The van der Waals surface area contributed by atoms with Gasteiger partial charge in [0.05, 0.1) is 0 Å². The fourth-order valence-electron chi connectivity index (χ4n) is 0.989. The van der Waals surface area contributed by atoms with Crippen LogP contribution in [0.5, 0.6) is 0 Å². The maximum absolute atomic E-state index is 11.6. The number of ether oxygens (including phenoxy) is 1. The minimum atomic E-state index is -3.68. The molecule has 1 atom stereocenters. The van der Waals surface area contributed by atoms with E-state index < -0.39 is 27.8 Å². The average molecular weight is 280 g/mol. The molecule has 6 nitrogen and oxygen atoms in total. The van der Waals surface area contributed by atoms with Crippen LogP contribution in [0, 0.1) is 5.92 Å². The molecule has 0 rings (SSSR count). The number of nitrogens with one attached hydrogen (secondary N) is 2. The summed E-state index contributed by atoms with van der Waals surface area (Å²) >= 11 is 0. The highest BCUT2D eigenvalue weighted by molar-refractivity contribution is 7.87. The predicted octanol–water partition coefficient (Wildman–Crippen LogP) is 0.797. The zero-order valence-corrected chi connectivity index (χ0v) is 12.7. The first-order chi connectivity index (χ1) is 7.93. The lowest BCUT2D eigenvalue weighted by molar-refractivity contribution is -0.156. The summed E-state index contributed by atoms with van der Waals surface area (Å²) in [5.41, 5.74) is -0.637. The Morgan fingerprint density at radius 2 is 1.72 bits per heavy atom. The Morgan fingerprint density at radius 3 is 2.11 bits per heavy atom. The maximum Gasteiger partial charge on any atom is 0.324 e. The Morgan fingerprint density at radius 1 is 1.22 bits per heavy atom. The first-order valence-electron chi connectivity index (χ1n) is 5.93. The minimum absolute atomic E-state index is 0.193. The first-order valence-corrected chi connectivity index (χ1v) is 7.41. The van der Waals surface area contributed by atoms with Gasteiger partial charge in [-0.3, -0.25) is 4.79 Å². The molecule has 0 amide bonds. The van der Waals surface area contributed by atoms with Crippen LogP contribution in [0.15, 0.2) is 0 Å². The Kier molecular flexibility index (Phi) is 6.25. The fraction of sp³-hybridized carbons (Fsp3) is 0.909. The Balaban J connectivity index is 4.38. The van der Waals surface area contributed by atoms with Gasteiger partial charge in [0.1, 0.15) is 11.6 Å². The van der Waals surface area contributed by atoms with Crippen LogP contribution in [-0.2, 0) is 19.7 Å². The van der Waals surface area contributed by atoms with Crippen LogP contribution < -0.4 is 9.44 Å². The second-order valence-electron chi connectivity index (χ2n) is 5.62. The van der Waals surface area contributed by atoms with Crippen molar-refractivity contribution in [2.45, 2.75) is 53.2 Å². The molecule has 0 aliphatic heterocycles. The highest BCUT2D eigenvalue weighted by Crippen LogP contribution is 2.08. The molecule has 7 heteroatoms. The smallest absolute Gasteiger partial charge is 0.324 e. The van der Waals surface area contributed by atoms with Crippen molar-refractivity contribution < 1.29 is 17.9 Å². The molecule has 0 aromatic carbocycles. The molecule has 0 bridgehead atoms. The molecular formula is C11H24N2O4S. The molecule has 18 heavy (non-hydrogen) atoms. The molecule has 2 N–H and O–H groups in total. The zero-order chi connectivity index (χ0) is 14.6. The topological polar surface area (TPSA) is 84.5 Å². The van der Waals surface area contributed by atoms with Crippen molar-refractivity contribution in [3.05, 3.63) is 0 Å². The van der Waals surface area contributed by atoms with Gasteiger partial charge in [0.15, 0.2) is 0 Å². The van der Waals surface area contributed by atoms with Crippen LogP contribution in [-0.4, -0.2) is 32.6 Å². The first kappa shape index (κ1) is 17.3. The van der Waals surface area contributed by atoms with E-state index in [0.29, 0.717) is 6.54 Å². The van der Waals surface area contributed by atoms with Gasteiger partial charge in [-0.15, -0.1) is 0 Å². The van der Waals surface area contributed by atoms with E-state index in [1.54, 1.807) is 20.8 Å². The van der Waals surface area contributed by atoms with Crippen LogP contribution in [0.3, 0.4) is 0 Å². The van der Waals surface area contributed by atoms with Gasteiger partial charge in [0.2, 0.25) is 0 Å². The van der Waals surface area contributed by atoms with E-state index >= 15 is 0 Å². The average Bonchev–Trinajstić information content (AvgIpc) is 2.11. The van der Waals surface area contributed by atoms with Crippen molar-refractivity contribution in [3.8, 4) is 0 Å². The lowest BCUT2D eigenvalue weighted by Gasteiger charge is -2.22. The Labute approximate surface area is 110 Å². The van der Waals surface area contributed by atoms with E-state index in [4.69, 9.17) is 4.74 Å². The van der Waals surface area contributed by atoms with Gasteiger partial charge in [-0.05, 0) is 33.6 Å². The number of hydrogen-bond donors (Lipinski definition) is 2. The van der Waals surface area contributed by atoms with Crippen LogP contribution in [0.25, 0.3) is 0 Å². The largest absolute Gasteiger partial charge is 0.459 e. The number of carbonyl (C=O) groups is 1. The molecule has 0 radical (unpaired) electrons. The van der Waals surface area contributed by atoms with Crippen LogP contribution in [0.1, 0.15) is 41.5 Å². The van der Waals surface area contributed by atoms with Crippen molar-refractivity contribution in [3.63, 3.8) is 0 Å². The molecule has 0 spiro atoms. The summed E-state index contributed by atoms with van der Waals surface area (Å²) in [6.45, 7) is 10.7. The molecule has 108 valence electrons. The summed E-state index contributed by atoms with van der Waals surface area (Å²) in [7, 11) is -3.68. The molecule has 0 aromatic heterocycles. The van der Waals surface area contributed by atoms with E-state index in [0.717, 1.165) is 0 Å². The summed E-state index contributed by atoms with van der Waals surface area (Å²) < 4.78 is 32.8. The van der Waals surface area contributed by atoms with Crippen molar-refractivity contribution in [1.82, 2.24) is 9.44 Å². The molecule has 0 fully saturated rings. The highest BCUT2D eigenvalue weighted by atomic mass is 32.2. The quantitative estimate of drug-likeness (QED) is 0.705. The third kappa shape index (κ3) is 8.43. The number of carbonyl (C=O) groups excluding carboxylic acids is 1. The van der Waals surface area contributed by atoms with Crippen LogP contribution in [0.4, 0.5) is 0 Å². The van der Waals surface area contributed by atoms with Gasteiger partial charge in [-0.1, -0.05) is 13.8 Å². The monoisotopic (exact) mass is 280 g/mol. The minimum Gasteiger partial charge on any atom is -0.459 e. The van der Waals surface area contributed by atoms with Crippen molar-refractivity contribution >= 4 is 16.2 Å². The summed E-state index contributed by atoms with van der Waals surface area (Å²) in [5, 5.41) is 0. The molecular weight excluding hydrogens is 256 g/mol. The molecule has 0 heterocycles. The summed E-state index contributed by atoms with van der Waals surface area (Å²) in [6.07, 6.45) is 0. The van der Waals surface area contributed by atoms with Gasteiger partial charge in [-0.25, -0.2) is 4.72 Å². The normalized spacial score (nSPS) is 14.6. The van der Waals surface area contributed by atoms with Crippen molar-refractivity contribution in [2.75, 3.05) is 6.54 Å². The molecule has 0 unspecified atom stereocenters. The van der Waals surface area contributed by atoms with Crippen molar-refractivity contribution in [2.24, 2.45) is 5.92 Å². The third-order valence-electron chi connectivity index (χ3n) is 1.77. The molecule has 0 aromatic rings. The van der Waals surface area contributed by atoms with E-state index in [2.05, 4.69) is 9.44 Å². The molecule has 0 saturated carbocycles. The zero-order valence-electron chi connectivity index (χ0n) is 11.9. The third-order valence-corrected chi connectivity index (χ3v) is 2.98. The van der Waals surface area contributed by atoms with E-state index in [1.807, 2.05) is 13.8 Å². The van der Waals surface area contributed by atoms with Crippen molar-refractivity contribution in [1.29, 1.82) is 0 Å². The number of rotatable bonds is 6. The second kappa shape index (κ2) is 6.49. The Bertz CT molecular complexity index is 371. The van der Waals surface area contributed by atoms with Gasteiger partial charge >= 0.3 is 5.97 Å². The van der Waals surface area contributed by atoms with Gasteiger partial charge in [0.25, 0.3) is 10.2 Å². The van der Waals surface area contributed by atoms with Crippen LogP contribution in [0.2, 0.25) is 0 Å². The molecule has 0 saturated heterocycles. The summed E-state index contributed by atoms with van der Waals surface area (Å²) in [6, 6.07) is -0.922.